The number of amides is 1. The number of carbonyl (C=O) groups excluding carboxylic acids is 1. The maximum atomic E-state index is 12.5. The maximum Gasteiger partial charge on any atom is 0.335 e. The number of rotatable bonds is 6. The van der Waals surface area contributed by atoms with Gasteiger partial charge in [0.1, 0.15) is 11.5 Å². The molecule has 142 valence electrons. The van der Waals surface area contributed by atoms with Crippen LogP contribution in [-0.4, -0.2) is 29.0 Å². The highest BCUT2D eigenvalue weighted by Crippen LogP contribution is 2.31. The van der Waals surface area contributed by atoms with Gasteiger partial charge in [0, 0.05) is 6.07 Å². The first kappa shape index (κ1) is 18.6. The zero-order valence-electron chi connectivity index (χ0n) is 14.5. The largest absolute Gasteiger partial charge is 0.495 e. The SMILES string of the molecule is COc1ccc(C(=O)O)cc1NC(=O)c1ccc(-c2ccccc2[N+](=O)[O-])o1. The fourth-order valence-corrected chi connectivity index (χ4v) is 2.57. The second kappa shape index (κ2) is 7.62. The molecule has 0 fully saturated rings. The molecule has 3 rings (SSSR count). The summed E-state index contributed by atoms with van der Waals surface area (Å²) in [5, 5.41) is 22.8. The number of benzene rings is 2. The van der Waals surface area contributed by atoms with Crippen LogP contribution in [0.4, 0.5) is 11.4 Å². The van der Waals surface area contributed by atoms with E-state index in [9.17, 15) is 19.7 Å². The number of carbonyl (C=O) groups is 2. The Morgan fingerprint density at radius 1 is 1.14 bits per heavy atom. The molecular formula is C19H14N2O7. The Kier molecular flexibility index (Phi) is 5.07. The van der Waals surface area contributed by atoms with E-state index in [1.807, 2.05) is 0 Å². The molecule has 0 bridgehead atoms. The van der Waals surface area contributed by atoms with Gasteiger partial charge in [0.25, 0.3) is 11.6 Å². The van der Waals surface area contributed by atoms with Gasteiger partial charge in [-0.25, -0.2) is 4.79 Å². The molecule has 1 heterocycles. The third-order valence-electron chi connectivity index (χ3n) is 3.89. The van der Waals surface area contributed by atoms with Crippen molar-refractivity contribution in [2.45, 2.75) is 0 Å². The molecule has 28 heavy (non-hydrogen) atoms. The minimum Gasteiger partial charge on any atom is -0.495 e. The summed E-state index contributed by atoms with van der Waals surface area (Å²) in [5.74, 6) is -1.50. The Hall–Kier alpha value is -4.14. The Morgan fingerprint density at radius 3 is 2.57 bits per heavy atom. The molecule has 9 heteroatoms. The van der Waals surface area contributed by atoms with Gasteiger partial charge in [-0.2, -0.15) is 0 Å². The highest BCUT2D eigenvalue weighted by atomic mass is 16.6. The molecule has 0 saturated heterocycles. The third kappa shape index (κ3) is 3.68. The van der Waals surface area contributed by atoms with Gasteiger partial charge in [-0.3, -0.25) is 14.9 Å². The summed E-state index contributed by atoms with van der Waals surface area (Å²) in [5.41, 5.74) is 0.198. The zero-order valence-corrected chi connectivity index (χ0v) is 14.5. The third-order valence-corrected chi connectivity index (χ3v) is 3.89. The molecule has 0 aliphatic rings. The number of carboxylic acid groups (broad SMARTS) is 1. The number of methoxy groups -OCH3 is 1. The van der Waals surface area contributed by atoms with E-state index in [0.29, 0.717) is 0 Å². The standard InChI is InChI=1S/C19H14N2O7/c1-27-16-7-6-11(19(23)24)10-13(16)20-18(22)17-9-8-15(28-17)12-4-2-3-5-14(12)21(25)26/h2-10H,1H3,(H,20,22)(H,23,24). The van der Waals surface area contributed by atoms with E-state index in [2.05, 4.69) is 5.32 Å². The molecule has 1 aromatic heterocycles. The molecule has 0 unspecified atom stereocenters. The lowest BCUT2D eigenvalue weighted by Gasteiger charge is -2.10. The molecule has 0 atom stereocenters. The van der Waals surface area contributed by atoms with E-state index in [0.717, 1.165) is 0 Å². The Morgan fingerprint density at radius 2 is 1.89 bits per heavy atom. The summed E-state index contributed by atoms with van der Waals surface area (Å²) in [4.78, 5) is 34.2. The first-order valence-corrected chi connectivity index (χ1v) is 7.97. The number of nitrogens with one attached hydrogen (secondary N) is 1. The molecular weight excluding hydrogens is 368 g/mol. The van der Waals surface area contributed by atoms with E-state index in [1.165, 1.54) is 55.6 Å². The summed E-state index contributed by atoms with van der Waals surface area (Å²) < 4.78 is 10.6. The van der Waals surface area contributed by atoms with Crippen LogP contribution in [0.5, 0.6) is 5.75 Å². The van der Waals surface area contributed by atoms with Gasteiger partial charge in [-0.05, 0) is 36.4 Å². The number of ether oxygens (including phenoxy) is 1. The zero-order chi connectivity index (χ0) is 20.3. The summed E-state index contributed by atoms with van der Waals surface area (Å²) in [6.07, 6.45) is 0. The van der Waals surface area contributed by atoms with Gasteiger partial charge in [0.05, 0.1) is 28.8 Å². The Balaban J connectivity index is 1.89. The fourth-order valence-electron chi connectivity index (χ4n) is 2.57. The number of para-hydroxylation sites is 1. The normalized spacial score (nSPS) is 10.3. The van der Waals surface area contributed by atoms with Crippen molar-refractivity contribution in [3.8, 4) is 17.1 Å². The van der Waals surface area contributed by atoms with Crippen LogP contribution in [-0.2, 0) is 0 Å². The predicted octanol–water partition coefficient (Wildman–Crippen LogP) is 3.81. The van der Waals surface area contributed by atoms with Crippen molar-refractivity contribution in [1.29, 1.82) is 0 Å². The number of anilines is 1. The van der Waals surface area contributed by atoms with Gasteiger partial charge in [0.2, 0.25) is 0 Å². The van der Waals surface area contributed by atoms with Crippen LogP contribution in [0.15, 0.2) is 59.0 Å². The van der Waals surface area contributed by atoms with E-state index < -0.39 is 16.8 Å². The number of aromatic carboxylic acids is 1. The molecule has 1 amide bonds. The van der Waals surface area contributed by atoms with Crippen molar-refractivity contribution in [2.75, 3.05) is 12.4 Å². The van der Waals surface area contributed by atoms with Gasteiger partial charge in [-0.1, -0.05) is 12.1 Å². The van der Waals surface area contributed by atoms with Gasteiger partial charge < -0.3 is 19.6 Å². The van der Waals surface area contributed by atoms with Crippen LogP contribution >= 0.6 is 0 Å². The molecule has 2 aromatic carbocycles. The monoisotopic (exact) mass is 382 g/mol. The summed E-state index contributed by atoms with van der Waals surface area (Å²) in [6.45, 7) is 0. The van der Waals surface area contributed by atoms with Crippen LogP contribution in [0.2, 0.25) is 0 Å². The minimum absolute atomic E-state index is 0.0313. The highest BCUT2D eigenvalue weighted by molar-refractivity contribution is 6.04. The average molecular weight is 382 g/mol. The first-order valence-electron chi connectivity index (χ1n) is 7.97. The van der Waals surface area contributed by atoms with Crippen molar-refractivity contribution in [1.82, 2.24) is 0 Å². The predicted molar refractivity (Wildman–Crippen MR) is 98.7 cm³/mol. The van der Waals surface area contributed by atoms with E-state index in [4.69, 9.17) is 14.3 Å². The maximum absolute atomic E-state index is 12.5. The second-order valence-corrected chi connectivity index (χ2v) is 5.61. The topological polar surface area (TPSA) is 132 Å². The smallest absolute Gasteiger partial charge is 0.335 e. The lowest BCUT2D eigenvalue weighted by Crippen LogP contribution is -2.12. The molecule has 0 aliphatic heterocycles. The van der Waals surface area contributed by atoms with Crippen molar-refractivity contribution in [3.05, 3.63) is 76.0 Å². The number of nitro groups is 1. The van der Waals surface area contributed by atoms with E-state index >= 15 is 0 Å². The Labute approximate surface area is 158 Å². The van der Waals surface area contributed by atoms with Crippen LogP contribution in [0.3, 0.4) is 0 Å². The number of hydrogen-bond acceptors (Lipinski definition) is 6. The lowest BCUT2D eigenvalue weighted by atomic mass is 10.1. The number of nitro benzene ring substituents is 1. The molecule has 9 nitrogen and oxygen atoms in total. The van der Waals surface area contributed by atoms with E-state index in [-0.39, 0.29) is 39.8 Å². The number of hydrogen-bond donors (Lipinski definition) is 2. The van der Waals surface area contributed by atoms with Gasteiger partial charge >= 0.3 is 5.97 Å². The van der Waals surface area contributed by atoms with Gasteiger partial charge in [0.15, 0.2) is 5.76 Å². The summed E-state index contributed by atoms with van der Waals surface area (Å²) in [7, 11) is 1.38. The van der Waals surface area contributed by atoms with Gasteiger partial charge in [-0.15, -0.1) is 0 Å². The molecule has 3 aromatic rings. The Bertz CT molecular complexity index is 1070. The lowest BCUT2D eigenvalue weighted by molar-refractivity contribution is -0.384. The van der Waals surface area contributed by atoms with Crippen LogP contribution in [0, 0.1) is 10.1 Å². The first-order chi connectivity index (χ1) is 13.4. The number of carboxylic acids is 1. The molecule has 2 N–H and O–H groups in total. The molecule has 0 saturated carbocycles. The summed E-state index contributed by atoms with van der Waals surface area (Å²) >= 11 is 0. The van der Waals surface area contributed by atoms with Crippen molar-refractivity contribution in [2.24, 2.45) is 0 Å². The number of furan rings is 1. The van der Waals surface area contributed by atoms with Crippen molar-refractivity contribution < 1.29 is 28.8 Å². The summed E-state index contributed by atoms with van der Waals surface area (Å²) in [6, 6.07) is 12.8. The van der Waals surface area contributed by atoms with Crippen LogP contribution < -0.4 is 10.1 Å². The average Bonchev–Trinajstić information content (AvgIpc) is 3.18. The van der Waals surface area contributed by atoms with Crippen molar-refractivity contribution >= 4 is 23.3 Å². The van der Waals surface area contributed by atoms with Crippen LogP contribution in [0.1, 0.15) is 20.9 Å². The second-order valence-electron chi connectivity index (χ2n) is 5.61. The molecule has 0 radical (unpaired) electrons. The van der Waals surface area contributed by atoms with Crippen molar-refractivity contribution in [3.63, 3.8) is 0 Å². The highest BCUT2D eigenvalue weighted by Gasteiger charge is 2.20. The fraction of sp³-hybridized carbons (Fsp3) is 0.0526. The molecule has 0 spiro atoms. The van der Waals surface area contributed by atoms with E-state index in [1.54, 1.807) is 6.07 Å². The minimum atomic E-state index is -1.16. The quantitative estimate of drug-likeness (QED) is 0.489. The van der Waals surface area contributed by atoms with Crippen LogP contribution in [0.25, 0.3) is 11.3 Å². The molecule has 0 aliphatic carbocycles. The number of nitrogens with zero attached hydrogens (tertiary/aromatic N) is 1.